The van der Waals surface area contributed by atoms with E-state index in [1.165, 1.54) is 6.33 Å². The van der Waals surface area contributed by atoms with E-state index in [1.54, 1.807) is 16.6 Å². The molecular formula is C10H11N5O2. The Hall–Kier alpha value is -2.18. The summed E-state index contributed by atoms with van der Waals surface area (Å²) < 4.78 is 1.55. The third kappa shape index (κ3) is 1.59. The van der Waals surface area contributed by atoms with Crippen LogP contribution in [0.15, 0.2) is 18.5 Å². The molecule has 88 valence electrons. The van der Waals surface area contributed by atoms with Gasteiger partial charge in [-0.3, -0.25) is 0 Å². The fourth-order valence-corrected chi connectivity index (χ4v) is 2.17. The van der Waals surface area contributed by atoms with E-state index in [-0.39, 0.29) is 0 Å². The Labute approximate surface area is 96.7 Å². The summed E-state index contributed by atoms with van der Waals surface area (Å²) in [5, 5.41) is 21.0. The topological polar surface area (TPSA) is 83.6 Å². The molecule has 0 radical (unpaired) electrons. The summed E-state index contributed by atoms with van der Waals surface area (Å²) in [5.74, 6) is -0.143. The van der Waals surface area contributed by atoms with Crippen molar-refractivity contribution in [3.8, 4) is 0 Å². The third-order valence-corrected chi connectivity index (χ3v) is 2.98. The minimum Gasteiger partial charge on any atom is -0.480 e. The zero-order valence-electron chi connectivity index (χ0n) is 9.02. The summed E-state index contributed by atoms with van der Waals surface area (Å²) in [6.45, 7) is 0.720. The number of nitrogens with zero attached hydrogens (tertiary/aromatic N) is 5. The van der Waals surface area contributed by atoms with Crippen LogP contribution >= 0.6 is 0 Å². The van der Waals surface area contributed by atoms with E-state index in [9.17, 15) is 4.79 Å². The van der Waals surface area contributed by atoms with Crippen molar-refractivity contribution in [1.29, 1.82) is 0 Å². The van der Waals surface area contributed by atoms with Crippen LogP contribution in [0.4, 0.5) is 5.82 Å². The first-order valence-corrected chi connectivity index (χ1v) is 5.42. The molecule has 1 fully saturated rings. The van der Waals surface area contributed by atoms with Crippen LogP contribution in [0.1, 0.15) is 12.8 Å². The lowest BCUT2D eigenvalue weighted by Crippen LogP contribution is -2.36. The summed E-state index contributed by atoms with van der Waals surface area (Å²) in [5.41, 5.74) is 0.653. The molecule has 7 heteroatoms. The van der Waals surface area contributed by atoms with Gasteiger partial charge in [0.05, 0.1) is 0 Å². The number of anilines is 1. The molecule has 2 aromatic rings. The average Bonchev–Trinajstić information content (AvgIpc) is 2.96. The predicted molar refractivity (Wildman–Crippen MR) is 58.8 cm³/mol. The highest BCUT2D eigenvalue weighted by Gasteiger charge is 2.31. The fourth-order valence-electron chi connectivity index (χ4n) is 2.17. The first-order valence-electron chi connectivity index (χ1n) is 5.42. The van der Waals surface area contributed by atoms with Gasteiger partial charge in [0.25, 0.3) is 0 Å². The Balaban J connectivity index is 1.99. The second-order valence-corrected chi connectivity index (χ2v) is 4.01. The molecule has 0 aromatic carbocycles. The molecule has 1 aliphatic heterocycles. The molecule has 1 atom stereocenters. The largest absolute Gasteiger partial charge is 0.480 e. The Kier molecular flexibility index (Phi) is 2.17. The molecular weight excluding hydrogens is 222 g/mol. The Bertz CT molecular complexity index is 567. The summed E-state index contributed by atoms with van der Waals surface area (Å²) in [6.07, 6.45) is 3.04. The van der Waals surface area contributed by atoms with Gasteiger partial charge in [-0.1, -0.05) is 0 Å². The summed E-state index contributed by atoms with van der Waals surface area (Å²) in [7, 11) is 0. The Morgan fingerprint density at radius 1 is 1.47 bits per heavy atom. The van der Waals surface area contributed by atoms with E-state index < -0.39 is 12.0 Å². The van der Waals surface area contributed by atoms with Crippen molar-refractivity contribution in [2.24, 2.45) is 0 Å². The van der Waals surface area contributed by atoms with Crippen molar-refractivity contribution in [3.05, 3.63) is 18.5 Å². The molecule has 1 N–H and O–H groups in total. The van der Waals surface area contributed by atoms with Gasteiger partial charge in [0.15, 0.2) is 5.65 Å². The standard InChI is InChI=1S/C10H11N5O2/c16-10(17)7-2-1-5-14(7)9-4-3-8-12-11-6-15(8)13-9/h3-4,6-7H,1-2,5H2,(H,16,17)/t7-/m0/s1. The van der Waals surface area contributed by atoms with Crippen molar-refractivity contribution >= 4 is 17.4 Å². The maximum absolute atomic E-state index is 11.1. The van der Waals surface area contributed by atoms with Crippen LogP contribution in [0.3, 0.4) is 0 Å². The second kappa shape index (κ2) is 3.69. The lowest BCUT2D eigenvalue weighted by molar-refractivity contribution is -0.138. The van der Waals surface area contributed by atoms with E-state index in [0.717, 1.165) is 13.0 Å². The smallest absolute Gasteiger partial charge is 0.326 e. The molecule has 1 aliphatic rings. The molecule has 0 saturated carbocycles. The molecule has 3 rings (SSSR count). The second-order valence-electron chi connectivity index (χ2n) is 4.01. The van der Waals surface area contributed by atoms with E-state index in [2.05, 4.69) is 15.3 Å². The van der Waals surface area contributed by atoms with Crippen LogP contribution < -0.4 is 4.90 Å². The molecule has 7 nitrogen and oxygen atoms in total. The number of carboxylic acids is 1. The third-order valence-electron chi connectivity index (χ3n) is 2.98. The number of carbonyl (C=O) groups is 1. The number of aromatic nitrogens is 4. The van der Waals surface area contributed by atoms with Crippen LogP contribution in [0.2, 0.25) is 0 Å². The minimum absolute atomic E-state index is 0.476. The predicted octanol–water partition coefficient (Wildman–Crippen LogP) is 0.178. The molecule has 1 saturated heterocycles. The summed E-state index contributed by atoms with van der Waals surface area (Å²) >= 11 is 0. The number of carboxylic acid groups (broad SMARTS) is 1. The summed E-state index contributed by atoms with van der Waals surface area (Å²) in [4.78, 5) is 12.9. The quantitative estimate of drug-likeness (QED) is 0.796. The van der Waals surface area contributed by atoms with Gasteiger partial charge in [-0.05, 0) is 25.0 Å². The zero-order chi connectivity index (χ0) is 11.8. The van der Waals surface area contributed by atoms with Gasteiger partial charge in [-0.25, -0.2) is 4.79 Å². The molecule has 0 amide bonds. The molecule has 0 unspecified atom stereocenters. The average molecular weight is 233 g/mol. The van der Waals surface area contributed by atoms with E-state index in [1.807, 2.05) is 4.90 Å². The SMILES string of the molecule is O=C(O)[C@@H]1CCCN1c1ccc2nncn2n1. The number of aliphatic carboxylic acids is 1. The molecule has 3 heterocycles. The highest BCUT2D eigenvalue weighted by Crippen LogP contribution is 2.23. The highest BCUT2D eigenvalue weighted by atomic mass is 16.4. The first kappa shape index (κ1) is 10.0. The number of hydrogen-bond donors (Lipinski definition) is 1. The van der Waals surface area contributed by atoms with E-state index in [4.69, 9.17) is 5.11 Å². The molecule has 2 aromatic heterocycles. The van der Waals surface area contributed by atoms with Gasteiger partial charge in [0, 0.05) is 6.54 Å². The van der Waals surface area contributed by atoms with Crippen molar-refractivity contribution in [3.63, 3.8) is 0 Å². The minimum atomic E-state index is -0.798. The van der Waals surface area contributed by atoms with Gasteiger partial charge in [0.2, 0.25) is 0 Å². The van der Waals surface area contributed by atoms with Crippen LogP contribution in [0, 0.1) is 0 Å². The van der Waals surface area contributed by atoms with Crippen molar-refractivity contribution in [2.45, 2.75) is 18.9 Å². The maximum atomic E-state index is 11.1. The Morgan fingerprint density at radius 3 is 3.18 bits per heavy atom. The number of fused-ring (bicyclic) bond motifs is 1. The van der Waals surface area contributed by atoms with E-state index in [0.29, 0.717) is 17.9 Å². The van der Waals surface area contributed by atoms with Gasteiger partial charge in [0.1, 0.15) is 18.2 Å². The molecule has 0 bridgehead atoms. The van der Waals surface area contributed by atoms with Gasteiger partial charge in [-0.2, -0.15) is 4.52 Å². The van der Waals surface area contributed by atoms with E-state index >= 15 is 0 Å². The maximum Gasteiger partial charge on any atom is 0.326 e. The van der Waals surface area contributed by atoms with Gasteiger partial charge >= 0.3 is 5.97 Å². The highest BCUT2D eigenvalue weighted by molar-refractivity contribution is 5.78. The first-order chi connectivity index (χ1) is 8.25. The van der Waals surface area contributed by atoms with Gasteiger partial charge < -0.3 is 10.0 Å². The van der Waals surface area contributed by atoms with Crippen LogP contribution in [-0.4, -0.2) is 43.5 Å². The lowest BCUT2D eigenvalue weighted by atomic mass is 10.2. The Morgan fingerprint density at radius 2 is 2.35 bits per heavy atom. The van der Waals surface area contributed by atoms with Gasteiger partial charge in [-0.15, -0.1) is 15.3 Å². The number of hydrogen-bond acceptors (Lipinski definition) is 5. The molecule has 0 spiro atoms. The monoisotopic (exact) mass is 233 g/mol. The summed E-state index contributed by atoms with van der Waals surface area (Å²) in [6, 6.07) is 3.09. The van der Waals surface area contributed by atoms with Crippen molar-refractivity contribution in [1.82, 2.24) is 19.8 Å². The zero-order valence-corrected chi connectivity index (χ0v) is 9.02. The fraction of sp³-hybridized carbons (Fsp3) is 0.400. The molecule has 0 aliphatic carbocycles. The normalized spacial score (nSPS) is 20.0. The van der Waals surface area contributed by atoms with Crippen molar-refractivity contribution < 1.29 is 9.90 Å². The molecule has 17 heavy (non-hydrogen) atoms. The van der Waals surface area contributed by atoms with Crippen LogP contribution in [-0.2, 0) is 4.79 Å². The van der Waals surface area contributed by atoms with Crippen LogP contribution in [0.25, 0.3) is 5.65 Å². The number of rotatable bonds is 2. The lowest BCUT2D eigenvalue weighted by Gasteiger charge is -2.21. The van der Waals surface area contributed by atoms with Crippen molar-refractivity contribution in [2.75, 3.05) is 11.4 Å². The van der Waals surface area contributed by atoms with Crippen LogP contribution in [0.5, 0.6) is 0 Å².